The molecule has 16 nitrogen and oxygen atoms in total. The van der Waals surface area contributed by atoms with Crippen LogP contribution in [0.25, 0.3) is 0 Å². The molecule has 2 N–H and O–H groups in total. The summed E-state index contributed by atoms with van der Waals surface area (Å²) in [4.78, 5) is 83.2. The number of nitrogens with one attached hydrogen (secondary N) is 1. The number of fused-ring (bicyclic) bond motifs is 5. The predicted molar refractivity (Wildman–Crippen MR) is 225 cm³/mol. The molecule has 8 atom stereocenters. The lowest BCUT2D eigenvalue weighted by Crippen LogP contribution is -2.63. The van der Waals surface area contributed by atoms with Crippen molar-refractivity contribution < 1.29 is 57.6 Å². The van der Waals surface area contributed by atoms with Gasteiger partial charge >= 0.3 is 12.1 Å². The molecule has 0 aromatic heterocycles. The van der Waals surface area contributed by atoms with E-state index in [1.807, 2.05) is 13.0 Å². The van der Waals surface area contributed by atoms with Crippen LogP contribution in [0.4, 0.5) is 10.5 Å². The monoisotopic (exact) mass is 872 g/mol. The van der Waals surface area contributed by atoms with Crippen molar-refractivity contribution in [2.75, 3.05) is 39.8 Å². The maximum absolute atomic E-state index is 14.2. The number of alkyl carbamates (subject to hydrolysis) is 1. The van der Waals surface area contributed by atoms with Gasteiger partial charge in [-0.05, 0) is 57.7 Å². The van der Waals surface area contributed by atoms with Crippen LogP contribution in [-0.2, 0) is 49.3 Å². The third-order valence-electron chi connectivity index (χ3n) is 12.5. The van der Waals surface area contributed by atoms with Crippen molar-refractivity contribution in [3.8, 4) is 5.75 Å². The number of carbonyl (C=O) groups is 6. The Bertz CT molecular complexity index is 1950. The summed E-state index contributed by atoms with van der Waals surface area (Å²) in [6.07, 6.45) is 2.57. The van der Waals surface area contributed by atoms with E-state index in [1.165, 1.54) is 42.9 Å². The van der Waals surface area contributed by atoms with Crippen molar-refractivity contribution in [2.24, 2.45) is 11.3 Å². The fraction of sp³-hybridized carbons (Fsp3) is 0.636. The van der Waals surface area contributed by atoms with Crippen molar-refractivity contribution >= 4 is 53.0 Å². The fourth-order valence-electron chi connectivity index (χ4n) is 8.37. The van der Waals surface area contributed by atoms with E-state index in [4.69, 9.17) is 35.3 Å². The lowest BCUT2D eigenvalue weighted by molar-refractivity contribution is -0.162. The molecular weight excluding hydrogens is 812 g/mol. The van der Waals surface area contributed by atoms with E-state index >= 15 is 0 Å². The number of nitrogens with zero attached hydrogens (tertiary/aromatic N) is 3. The second-order valence-electron chi connectivity index (χ2n) is 17.6. The second-order valence-corrected chi connectivity index (χ2v) is 18.0. The summed E-state index contributed by atoms with van der Waals surface area (Å²) in [5.74, 6) is -2.13. The molecule has 4 heterocycles. The van der Waals surface area contributed by atoms with E-state index in [1.54, 1.807) is 59.0 Å². The first-order valence-electron chi connectivity index (χ1n) is 20.8. The molecule has 0 radical (unpaired) electrons. The Morgan fingerprint density at radius 1 is 1.10 bits per heavy atom. The Hall–Kier alpha value is -4.51. The predicted octanol–water partition coefficient (Wildman–Crippen LogP) is 4.86. The van der Waals surface area contributed by atoms with Crippen LogP contribution in [-0.4, -0.2) is 127 Å². The molecule has 1 unspecified atom stereocenters. The zero-order chi connectivity index (χ0) is 45.2. The van der Waals surface area contributed by atoms with Crippen LogP contribution >= 0.6 is 11.6 Å². The van der Waals surface area contributed by atoms with E-state index in [2.05, 4.69) is 5.32 Å². The summed E-state index contributed by atoms with van der Waals surface area (Å²) in [7, 11) is 5.96. The number of ether oxygens (including phenoxy) is 5. The molecule has 4 aliphatic heterocycles. The van der Waals surface area contributed by atoms with Crippen molar-refractivity contribution in [1.29, 1.82) is 0 Å². The van der Waals surface area contributed by atoms with Gasteiger partial charge in [0.25, 0.3) is 0 Å². The minimum absolute atomic E-state index is 0.0751. The number of rotatable bonds is 11. The highest BCUT2D eigenvalue weighted by molar-refractivity contribution is 6.35. The third-order valence-corrected chi connectivity index (χ3v) is 12.9. The number of imide groups is 1. The number of esters is 1. The molecule has 61 heavy (non-hydrogen) atoms. The molecule has 1 aromatic rings. The van der Waals surface area contributed by atoms with Crippen LogP contribution in [0.15, 0.2) is 35.9 Å². The van der Waals surface area contributed by atoms with E-state index in [0.717, 1.165) is 11.1 Å². The quantitative estimate of drug-likeness (QED) is 0.133. The van der Waals surface area contributed by atoms with Crippen molar-refractivity contribution in [3.63, 3.8) is 0 Å². The minimum atomic E-state index is -1.85. The SMILES string of the molecule is COc1cc2cc(c1Cl)N(C)C(=O)C[C@H](OC(=O)[C@H](C)N(C)C(=O)CCCCCN1C(=O)CC(C)(C)C1=O)[C@]1(C)O[C@H]1[C@H](C)C1C[C@@](O)(NC(=O)O1)[C@H](OC)/C=C/C=C(\C)C2. The molecule has 0 saturated carbocycles. The molecule has 4 bridgehead atoms. The highest BCUT2D eigenvalue weighted by Gasteiger charge is 2.64. The minimum Gasteiger partial charge on any atom is -0.495 e. The van der Waals surface area contributed by atoms with E-state index in [-0.39, 0.29) is 55.0 Å². The Kier molecular flexibility index (Phi) is 14.7. The molecular formula is C44H61ClN4O12. The molecule has 1 aromatic carbocycles. The standard InChI is InChI=1S/C44H61ClN4O12/c1-25-15-14-16-32(58-10)44(56)23-31(59-41(55)46-44)26(2)38-43(6,61-38)33(22-35(51)48(8)29-20-28(19-25)21-30(57-9)37(29)45)60-39(53)27(3)47(7)34(50)17-12-11-13-18-49-36(52)24-42(4,5)40(49)54/h14-16,20-21,26-27,31-33,38,56H,11-13,17-19,22-24H2,1-10H3,(H,46,55)/b16-14+,25-15+/t26-,27+,31?,32-,33+,38+,43+,44+/m1/s1. The lowest BCUT2D eigenvalue weighted by Gasteiger charge is -2.42. The van der Waals surface area contributed by atoms with Gasteiger partial charge in [-0.3, -0.25) is 29.4 Å². The summed E-state index contributed by atoms with van der Waals surface area (Å²) in [5.41, 5.74) is -1.75. The summed E-state index contributed by atoms with van der Waals surface area (Å²) >= 11 is 6.79. The van der Waals surface area contributed by atoms with Crippen molar-refractivity contribution in [1.82, 2.24) is 15.1 Å². The number of amides is 5. The maximum atomic E-state index is 14.2. The third kappa shape index (κ3) is 10.4. The number of anilines is 1. The first-order valence-corrected chi connectivity index (χ1v) is 21.1. The number of aliphatic hydroxyl groups is 1. The number of halogens is 1. The molecule has 0 aliphatic carbocycles. The van der Waals surface area contributed by atoms with E-state index in [9.17, 15) is 33.9 Å². The van der Waals surface area contributed by atoms with Gasteiger partial charge in [-0.1, -0.05) is 62.6 Å². The Balaban J connectivity index is 1.36. The van der Waals surface area contributed by atoms with Gasteiger partial charge in [-0.25, -0.2) is 9.59 Å². The number of carbonyl (C=O) groups excluding carboxylic acids is 6. The molecule has 3 fully saturated rings. The van der Waals surface area contributed by atoms with Crippen LogP contribution in [0.2, 0.25) is 5.02 Å². The van der Waals surface area contributed by atoms with Crippen LogP contribution in [0.5, 0.6) is 5.75 Å². The molecule has 336 valence electrons. The van der Waals surface area contributed by atoms with Crippen LogP contribution in [0, 0.1) is 11.3 Å². The Labute approximate surface area is 362 Å². The maximum Gasteiger partial charge on any atom is 0.409 e. The lowest BCUT2D eigenvalue weighted by atomic mass is 9.83. The van der Waals surface area contributed by atoms with Crippen LogP contribution < -0.4 is 15.0 Å². The number of hydrogen-bond donors (Lipinski definition) is 2. The molecule has 4 aliphatic rings. The highest BCUT2D eigenvalue weighted by atomic mass is 35.5. The average molecular weight is 873 g/mol. The normalized spacial score (nSPS) is 31.0. The number of likely N-dealkylation sites (tertiary alicyclic amines) is 1. The van der Waals surface area contributed by atoms with Gasteiger partial charge in [0, 0.05) is 52.9 Å². The fourth-order valence-corrected chi connectivity index (χ4v) is 8.68. The van der Waals surface area contributed by atoms with Crippen molar-refractivity contribution in [3.05, 3.63) is 46.5 Å². The Morgan fingerprint density at radius 2 is 1.80 bits per heavy atom. The molecule has 3 saturated heterocycles. The van der Waals surface area contributed by atoms with Gasteiger partial charge in [0.2, 0.25) is 23.6 Å². The van der Waals surface area contributed by atoms with E-state index < -0.39 is 71.1 Å². The first kappa shape index (κ1) is 47.5. The average Bonchev–Trinajstić information content (AvgIpc) is 3.85. The summed E-state index contributed by atoms with van der Waals surface area (Å²) in [6, 6.07) is 2.51. The van der Waals surface area contributed by atoms with E-state index in [0.29, 0.717) is 37.1 Å². The summed E-state index contributed by atoms with van der Waals surface area (Å²) in [6.45, 7) is 10.7. The van der Waals surface area contributed by atoms with Crippen LogP contribution in [0.1, 0.15) is 92.1 Å². The first-order chi connectivity index (χ1) is 28.6. The van der Waals surface area contributed by atoms with Crippen LogP contribution in [0.3, 0.4) is 0 Å². The van der Waals surface area contributed by atoms with Gasteiger partial charge in [0.05, 0.1) is 30.7 Å². The van der Waals surface area contributed by atoms with Gasteiger partial charge in [0.1, 0.15) is 40.7 Å². The number of methoxy groups -OCH3 is 2. The molecule has 5 amide bonds. The molecule has 5 rings (SSSR count). The summed E-state index contributed by atoms with van der Waals surface area (Å²) in [5, 5.41) is 14.5. The largest absolute Gasteiger partial charge is 0.495 e. The molecule has 17 heteroatoms. The zero-order valence-electron chi connectivity index (χ0n) is 36.9. The number of likely N-dealkylation sites (N-methyl/N-ethyl adjacent to an activating group) is 1. The smallest absolute Gasteiger partial charge is 0.409 e. The number of allylic oxidation sites excluding steroid dienone is 3. The van der Waals surface area contributed by atoms with Crippen molar-refractivity contribution in [2.45, 2.75) is 135 Å². The number of hydrogen-bond acceptors (Lipinski definition) is 12. The number of benzene rings is 1. The van der Waals surface area contributed by atoms with Gasteiger partial charge in [-0.2, -0.15) is 0 Å². The zero-order valence-corrected chi connectivity index (χ0v) is 37.6. The second kappa shape index (κ2) is 18.9. The number of epoxide rings is 1. The molecule has 0 spiro atoms. The highest BCUT2D eigenvalue weighted by Crippen LogP contribution is 2.49. The Morgan fingerprint density at radius 3 is 2.44 bits per heavy atom. The topological polar surface area (TPSA) is 194 Å². The van der Waals surface area contributed by atoms with Gasteiger partial charge in [0.15, 0.2) is 5.72 Å². The van der Waals surface area contributed by atoms with Gasteiger partial charge in [-0.15, -0.1) is 0 Å². The number of unbranched alkanes of at least 4 members (excludes halogenated alkanes) is 2. The van der Waals surface area contributed by atoms with Gasteiger partial charge < -0.3 is 38.6 Å². The summed E-state index contributed by atoms with van der Waals surface area (Å²) < 4.78 is 29.3.